The standard InChI is InChI=1S/C23H18N2O3/c1-16-9-5-8-14-20(16)24(21(26)17-10-3-2-4-11-17)15-25-22(27)18-12-6-7-13-19(18)23(25)28/h2-14H,15H2,1H3. The van der Waals surface area contributed by atoms with Crippen molar-refractivity contribution in [3.8, 4) is 0 Å². The maximum absolute atomic E-state index is 13.2. The zero-order valence-electron chi connectivity index (χ0n) is 15.3. The van der Waals surface area contributed by atoms with Crippen molar-refractivity contribution in [2.75, 3.05) is 11.6 Å². The van der Waals surface area contributed by atoms with Gasteiger partial charge in [-0.3, -0.25) is 24.2 Å². The fourth-order valence-electron chi connectivity index (χ4n) is 3.36. The molecule has 0 saturated heterocycles. The lowest BCUT2D eigenvalue weighted by atomic mass is 10.1. The number of imide groups is 1. The molecule has 5 nitrogen and oxygen atoms in total. The summed E-state index contributed by atoms with van der Waals surface area (Å²) in [5, 5.41) is 0. The SMILES string of the molecule is Cc1ccccc1N(CN1C(=O)c2ccccc2C1=O)C(=O)c1ccccc1. The normalized spacial score (nSPS) is 12.8. The molecule has 3 aromatic rings. The molecule has 0 aliphatic carbocycles. The van der Waals surface area contributed by atoms with Crippen molar-refractivity contribution in [3.63, 3.8) is 0 Å². The number of hydrogen-bond donors (Lipinski definition) is 0. The van der Waals surface area contributed by atoms with Crippen LogP contribution in [0.2, 0.25) is 0 Å². The fraction of sp³-hybridized carbons (Fsp3) is 0.0870. The van der Waals surface area contributed by atoms with Gasteiger partial charge in [-0.15, -0.1) is 0 Å². The lowest BCUT2D eigenvalue weighted by Gasteiger charge is -2.28. The molecule has 3 aromatic carbocycles. The van der Waals surface area contributed by atoms with Gasteiger partial charge in [0, 0.05) is 11.3 Å². The fourth-order valence-corrected chi connectivity index (χ4v) is 3.36. The number of hydrogen-bond acceptors (Lipinski definition) is 3. The zero-order valence-corrected chi connectivity index (χ0v) is 15.3. The molecule has 0 saturated carbocycles. The van der Waals surface area contributed by atoms with Crippen LogP contribution in [0.25, 0.3) is 0 Å². The molecule has 28 heavy (non-hydrogen) atoms. The summed E-state index contributed by atoms with van der Waals surface area (Å²) in [6.07, 6.45) is 0. The first kappa shape index (κ1) is 17.7. The molecule has 0 radical (unpaired) electrons. The molecule has 0 spiro atoms. The van der Waals surface area contributed by atoms with E-state index >= 15 is 0 Å². The second kappa shape index (κ2) is 7.12. The number of carbonyl (C=O) groups excluding carboxylic acids is 3. The average molecular weight is 370 g/mol. The highest BCUT2D eigenvalue weighted by Gasteiger charge is 2.37. The van der Waals surface area contributed by atoms with Gasteiger partial charge in [-0.2, -0.15) is 0 Å². The van der Waals surface area contributed by atoms with Crippen molar-refractivity contribution in [1.82, 2.24) is 4.90 Å². The number of nitrogens with zero attached hydrogens (tertiary/aromatic N) is 2. The molecule has 1 heterocycles. The largest absolute Gasteiger partial charge is 0.289 e. The van der Waals surface area contributed by atoms with Gasteiger partial charge in [0.05, 0.1) is 11.1 Å². The Bertz CT molecular complexity index is 1040. The van der Waals surface area contributed by atoms with Crippen molar-refractivity contribution in [3.05, 3.63) is 101 Å². The number of carbonyl (C=O) groups is 3. The van der Waals surface area contributed by atoms with Gasteiger partial charge in [-0.05, 0) is 42.8 Å². The molecule has 5 heteroatoms. The van der Waals surface area contributed by atoms with Gasteiger partial charge in [-0.25, -0.2) is 0 Å². The molecule has 0 unspecified atom stereocenters. The summed E-state index contributed by atoms with van der Waals surface area (Å²) in [7, 11) is 0. The Kier molecular flexibility index (Phi) is 4.49. The van der Waals surface area contributed by atoms with Crippen LogP contribution in [-0.4, -0.2) is 29.3 Å². The second-order valence-corrected chi connectivity index (χ2v) is 6.61. The topological polar surface area (TPSA) is 57.7 Å². The monoisotopic (exact) mass is 370 g/mol. The number of fused-ring (bicyclic) bond motifs is 1. The Hall–Kier alpha value is -3.73. The summed E-state index contributed by atoms with van der Waals surface area (Å²) >= 11 is 0. The lowest BCUT2D eigenvalue weighted by Crippen LogP contribution is -2.44. The van der Waals surface area contributed by atoms with Crippen molar-refractivity contribution in [2.24, 2.45) is 0 Å². The summed E-state index contributed by atoms with van der Waals surface area (Å²) in [4.78, 5) is 41.4. The predicted molar refractivity (Wildman–Crippen MR) is 106 cm³/mol. The van der Waals surface area contributed by atoms with Gasteiger partial charge in [0.1, 0.15) is 6.67 Å². The summed E-state index contributed by atoms with van der Waals surface area (Å²) in [5.41, 5.74) is 2.76. The van der Waals surface area contributed by atoms with Gasteiger partial charge in [0.15, 0.2) is 0 Å². The maximum Gasteiger partial charge on any atom is 0.263 e. The molecule has 3 amide bonds. The highest BCUT2D eigenvalue weighted by Crippen LogP contribution is 2.27. The van der Waals surface area contributed by atoms with Crippen LogP contribution in [0.3, 0.4) is 0 Å². The number of rotatable bonds is 4. The summed E-state index contributed by atoms with van der Waals surface area (Å²) in [6, 6.07) is 23.0. The minimum Gasteiger partial charge on any atom is -0.289 e. The quantitative estimate of drug-likeness (QED) is 0.655. The van der Waals surface area contributed by atoms with Gasteiger partial charge in [0.25, 0.3) is 17.7 Å². The van der Waals surface area contributed by atoms with E-state index in [2.05, 4.69) is 0 Å². The van der Waals surface area contributed by atoms with E-state index in [9.17, 15) is 14.4 Å². The number of benzene rings is 3. The van der Waals surface area contributed by atoms with Crippen LogP contribution in [0.4, 0.5) is 5.69 Å². The third-order valence-corrected chi connectivity index (χ3v) is 4.83. The zero-order chi connectivity index (χ0) is 19.7. The summed E-state index contributed by atoms with van der Waals surface area (Å²) < 4.78 is 0. The van der Waals surface area contributed by atoms with Crippen molar-refractivity contribution in [1.29, 1.82) is 0 Å². The average Bonchev–Trinajstić information content (AvgIpc) is 2.97. The van der Waals surface area contributed by atoms with Crippen LogP contribution < -0.4 is 4.90 Å². The molecule has 4 rings (SSSR count). The first-order chi connectivity index (χ1) is 13.6. The van der Waals surface area contributed by atoms with Crippen LogP contribution in [0.1, 0.15) is 36.6 Å². The lowest BCUT2D eigenvalue weighted by molar-refractivity contribution is 0.0650. The summed E-state index contributed by atoms with van der Waals surface area (Å²) in [5.74, 6) is -1.05. The van der Waals surface area contributed by atoms with Gasteiger partial charge in [0.2, 0.25) is 0 Å². The number of aryl methyl sites for hydroxylation is 1. The van der Waals surface area contributed by atoms with Crippen LogP contribution in [0.15, 0.2) is 78.9 Å². The van der Waals surface area contributed by atoms with E-state index in [1.807, 2.05) is 37.3 Å². The smallest absolute Gasteiger partial charge is 0.263 e. The Morgan fingerprint density at radius 3 is 1.93 bits per heavy atom. The van der Waals surface area contributed by atoms with Gasteiger partial charge in [-0.1, -0.05) is 48.5 Å². The Morgan fingerprint density at radius 2 is 1.32 bits per heavy atom. The number of anilines is 1. The number of para-hydroxylation sites is 1. The van der Waals surface area contributed by atoms with Crippen LogP contribution in [0.5, 0.6) is 0 Å². The van der Waals surface area contributed by atoms with Crippen molar-refractivity contribution in [2.45, 2.75) is 6.92 Å². The van der Waals surface area contributed by atoms with E-state index in [-0.39, 0.29) is 24.4 Å². The third-order valence-electron chi connectivity index (χ3n) is 4.83. The Balaban J connectivity index is 1.73. The van der Waals surface area contributed by atoms with E-state index < -0.39 is 0 Å². The van der Waals surface area contributed by atoms with E-state index in [4.69, 9.17) is 0 Å². The van der Waals surface area contributed by atoms with Crippen LogP contribution in [0, 0.1) is 6.92 Å². The summed E-state index contributed by atoms with van der Waals surface area (Å²) in [6.45, 7) is 1.74. The highest BCUT2D eigenvalue weighted by atomic mass is 16.2. The molecule has 0 fully saturated rings. The maximum atomic E-state index is 13.2. The molecule has 1 aliphatic heterocycles. The second-order valence-electron chi connectivity index (χ2n) is 6.61. The third kappa shape index (κ3) is 2.97. The Labute approximate surface area is 162 Å². The molecule has 0 atom stereocenters. The molecule has 0 N–H and O–H groups in total. The van der Waals surface area contributed by atoms with Crippen LogP contribution >= 0.6 is 0 Å². The van der Waals surface area contributed by atoms with E-state index in [1.165, 1.54) is 4.90 Å². The van der Waals surface area contributed by atoms with Crippen LogP contribution in [-0.2, 0) is 0 Å². The minimum atomic E-state index is -0.389. The predicted octanol–water partition coefficient (Wildman–Crippen LogP) is 3.90. The molecule has 0 bridgehead atoms. The number of amides is 3. The molecule has 1 aliphatic rings. The van der Waals surface area contributed by atoms with E-state index in [0.717, 1.165) is 10.5 Å². The molecule has 0 aromatic heterocycles. The molecular formula is C23H18N2O3. The van der Waals surface area contributed by atoms with E-state index in [0.29, 0.717) is 22.4 Å². The van der Waals surface area contributed by atoms with Gasteiger partial charge >= 0.3 is 0 Å². The van der Waals surface area contributed by atoms with Crippen molar-refractivity contribution < 1.29 is 14.4 Å². The molecular weight excluding hydrogens is 352 g/mol. The minimum absolute atomic E-state index is 0.148. The first-order valence-electron chi connectivity index (χ1n) is 8.95. The molecule has 138 valence electrons. The highest BCUT2D eigenvalue weighted by molar-refractivity contribution is 6.22. The van der Waals surface area contributed by atoms with E-state index in [1.54, 1.807) is 48.5 Å². The van der Waals surface area contributed by atoms with Gasteiger partial charge < -0.3 is 0 Å². The van der Waals surface area contributed by atoms with Crippen molar-refractivity contribution >= 4 is 23.4 Å². The Morgan fingerprint density at radius 1 is 0.786 bits per heavy atom. The first-order valence-corrected chi connectivity index (χ1v) is 8.95.